The van der Waals surface area contributed by atoms with Gasteiger partial charge < -0.3 is 13.7 Å². The van der Waals surface area contributed by atoms with E-state index in [1.165, 1.54) is 33.4 Å². The van der Waals surface area contributed by atoms with Gasteiger partial charge in [0.2, 0.25) is 0 Å². The van der Waals surface area contributed by atoms with E-state index < -0.39 is 5.41 Å². The van der Waals surface area contributed by atoms with Crippen molar-refractivity contribution in [3.05, 3.63) is 259 Å². The molecule has 0 N–H and O–H groups in total. The second kappa shape index (κ2) is 14.3. The molecule has 0 spiro atoms. The van der Waals surface area contributed by atoms with Crippen LogP contribution in [-0.2, 0) is 5.41 Å². The van der Waals surface area contributed by atoms with Gasteiger partial charge in [-0.15, -0.1) is 0 Å². The maximum atomic E-state index is 6.30. The van der Waals surface area contributed by atoms with E-state index in [9.17, 15) is 0 Å². The second-order valence-corrected chi connectivity index (χ2v) is 16.8. The fraction of sp³-hybridized carbons (Fsp3) is 0.0164. The van der Waals surface area contributed by atoms with Crippen LogP contribution in [0.3, 0.4) is 0 Å². The first kappa shape index (κ1) is 36.3. The minimum Gasteiger partial charge on any atom is -0.456 e. The minimum atomic E-state index is -0.479. The van der Waals surface area contributed by atoms with E-state index in [4.69, 9.17) is 8.83 Å². The second-order valence-electron chi connectivity index (χ2n) is 16.8. The summed E-state index contributed by atoms with van der Waals surface area (Å²) >= 11 is 0. The monoisotopic (exact) mass is 817 g/mol. The zero-order valence-corrected chi connectivity index (χ0v) is 34.8. The van der Waals surface area contributed by atoms with Crippen molar-refractivity contribution in [1.29, 1.82) is 0 Å². The fourth-order valence-electron chi connectivity index (χ4n) is 10.6. The molecule has 0 atom stereocenters. The van der Waals surface area contributed by atoms with Crippen LogP contribution in [0.4, 0.5) is 17.1 Å². The van der Waals surface area contributed by atoms with Gasteiger partial charge >= 0.3 is 0 Å². The molecule has 0 saturated heterocycles. The number of para-hydroxylation sites is 2. The largest absolute Gasteiger partial charge is 0.456 e. The summed E-state index contributed by atoms with van der Waals surface area (Å²) in [6.45, 7) is 0. The van der Waals surface area contributed by atoms with Gasteiger partial charge in [0.25, 0.3) is 0 Å². The first-order valence-corrected chi connectivity index (χ1v) is 21.9. The number of rotatable bonds is 7. The molecule has 0 bridgehead atoms. The van der Waals surface area contributed by atoms with Crippen LogP contribution in [0.15, 0.2) is 245 Å². The first-order chi connectivity index (χ1) is 31.7. The summed E-state index contributed by atoms with van der Waals surface area (Å²) in [4.78, 5) is 2.40. The Morgan fingerprint density at radius 1 is 0.297 bits per heavy atom. The molecule has 1 aliphatic carbocycles. The van der Waals surface area contributed by atoms with Crippen LogP contribution < -0.4 is 4.90 Å². The standard InChI is InChI=1S/C61H39NO2/c1-3-16-43(17-4-1)61(44-18-5-2-6-19-44)54-25-10-7-21-49(54)52-39-47(34-35-55(52)61)62(45-32-29-40(30-33-45)48-24-14-28-59-60(48)51-23-9-12-27-57(51)64-59)46-20-13-15-41(37-46)42-31-36-58-53(38-42)50-22-8-11-26-56(50)63-58/h1-39H. The molecule has 3 heteroatoms. The highest BCUT2D eigenvalue weighted by molar-refractivity contribution is 6.12. The predicted molar refractivity (Wildman–Crippen MR) is 264 cm³/mol. The summed E-state index contributed by atoms with van der Waals surface area (Å²) in [7, 11) is 0. The normalized spacial score (nSPS) is 12.8. The van der Waals surface area contributed by atoms with Crippen LogP contribution in [-0.4, -0.2) is 0 Å². The molecule has 0 unspecified atom stereocenters. The summed E-state index contributed by atoms with van der Waals surface area (Å²) in [6.07, 6.45) is 0. The van der Waals surface area contributed by atoms with E-state index in [2.05, 4.69) is 217 Å². The van der Waals surface area contributed by atoms with Gasteiger partial charge in [0.1, 0.15) is 22.3 Å². The molecular formula is C61H39NO2. The Labute approximate surface area is 370 Å². The zero-order chi connectivity index (χ0) is 42.2. The van der Waals surface area contributed by atoms with Crippen LogP contribution in [0.5, 0.6) is 0 Å². The SMILES string of the molecule is c1ccc(C2(c3ccccc3)c3ccccc3-c3cc(N(c4ccc(-c5cccc6oc7ccccc7c56)cc4)c4cccc(-c5ccc6oc7ccccc7c6c5)c4)ccc32)cc1. The topological polar surface area (TPSA) is 29.5 Å². The van der Waals surface area contributed by atoms with Gasteiger partial charge in [-0.25, -0.2) is 0 Å². The number of hydrogen-bond donors (Lipinski definition) is 0. The molecule has 3 nitrogen and oxygen atoms in total. The number of furan rings is 2. The molecule has 0 aliphatic heterocycles. The average molecular weight is 818 g/mol. The Kier molecular flexibility index (Phi) is 8.13. The van der Waals surface area contributed by atoms with Crippen molar-refractivity contribution in [2.75, 3.05) is 4.90 Å². The van der Waals surface area contributed by atoms with Gasteiger partial charge in [0.05, 0.1) is 5.41 Å². The van der Waals surface area contributed by atoms with Crippen LogP contribution in [0, 0.1) is 0 Å². The molecule has 12 aromatic rings. The third-order valence-electron chi connectivity index (χ3n) is 13.4. The lowest BCUT2D eigenvalue weighted by Crippen LogP contribution is -2.28. The van der Waals surface area contributed by atoms with Crippen molar-refractivity contribution in [1.82, 2.24) is 0 Å². The van der Waals surface area contributed by atoms with Crippen molar-refractivity contribution in [2.24, 2.45) is 0 Å². The molecule has 10 aromatic carbocycles. The number of fused-ring (bicyclic) bond motifs is 9. The summed E-state index contributed by atoms with van der Waals surface area (Å²) in [5.41, 5.74) is 18.4. The van der Waals surface area contributed by atoms with Crippen molar-refractivity contribution in [3.8, 4) is 33.4 Å². The highest BCUT2D eigenvalue weighted by Gasteiger charge is 2.46. The van der Waals surface area contributed by atoms with Crippen molar-refractivity contribution in [3.63, 3.8) is 0 Å². The fourth-order valence-corrected chi connectivity index (χ4v) is 10.6. The van der Waals surface area contributed by atoms with Gasteiger partial charge in [0, 0.05) is 38.6 Å². The Morgan fingerprint density at radius 2 is 0.844 bits per heavy atom. The third-order valence-corrected chi connectivity index (χ3v) is 13.4. The zero-order valence-electron chi connectivity index (χ0n) is 34.8. The van der Waals surface area contributed by atoms with Gasteiger partial charge in [0.15, 0.2) is 0 Å². The maximum absolute atomic E-state index is 6.30. The molecule has 1 aliphatic rings. The van der Waals surface area contributed by atoms with E-state index in [1.807, 2.05) is 24.3 Å². The Balaban J connectivity index is 1.000. The molecule has 300 valence electrons. The maximum Gasteiger partial charge on any atom is 0.136 e. The lowest BCUT2D eigenvalue weighted by Gasteiger charge is -2.34. The predicted octanol–water partition coefficient (Wildman–Crippen LogP) is 16.7. The van der Waals surface area contributed by atoms with Gasteiger partial charge in [-0.1, -0.05) is 170 Å². The molecule has 0 amide bonds. The highest BCUT2D eigenvalue weighted by Crippen LogP contribution is 2.57. The summed E-state index contributed by atoms with van der Waals surface area (Å²) < 4.78 is 12.5. The molecule has 0 fully saturated rings. The van der Waals surface area contributed by atoms with Crippen LogP contribution in [0.2, 0.25) is 0 Å². The van der Waals surface area contributed by atoms with E-state index in [1.54, 1.807) is 0 Å². The lowest BCUT2D eigenvalue weighted by atomic mass is 9.68. The number of benzene rings is 10. The number of nitrogens with zero attached hydrogens (tertiary/aromatic N) is 1. The van der Waals surface area contributed by atoms with Crippen LogP contribution in [0.25, 0.3) is 77.3 Å². The van der Waals surface area contributed by atoms with Crippen molar-refractivity contribution < 1.29 is 8.83 Å². The molecule has 0 radical (unpaired) electrons. The number of anilines is 3. The highest BCUT2D eigenvalue weighted by atomic mass is 16.3. The minimum absolute atomic E-state index is 0.479. The average Bonchev–Trinajstić information content (AvgIpc) is 4.03. The first-order valence-electron chi connectivity index (χ1n) is 21.9. The van der Waals surface area contributed by atoms with E-state index in [0.29, 0.717) is 0 Å². The quantitative estimate of drug-likeness (QED) is 0.160. The molecule has 64 heavy (non-hydrogen) atoms. The summed E-state index contributed by atoms with van der Waals surface area (Å²) in [5.74, 6) is 0. The summed E-state index contributed by atoms with van der Waals surface area (Å²) in [5, 5.41) is 4.49. The molecule has 0 saturated carbocycles. The smallest absolute Gasteiger partial charge is 0.136 e. The van der Waals surface area contributed by atoms with Crippen LogP contribution >= 0.6 is 0 Å². The van der Waals surface area contributed by atoms with Crippen molar-refractivity contribution >= 4 is 60.9 Å². The summed E-state index contributed by atoms with van der Waals surface area (Å²) in [6, 6.07) is 85.4. The van der Waals surface area contributed by atoms with Crippen molar-refractivity contribution in [2.45, 2.75) is 5.41 Å². The Bertz CT molecular complexity index is 3690. The molecule has 2 aromatic heterocycles. The van der Waals surface area contributed by atoms with Gasteiger partial charge in [-0.05, 0) is 122 Å². The lowest BCUT2D eigenvalue weighted by molar-refractivity contribution is 0.668. The van der Waals surface area contributed by atoms with Gasteiger partial charge in [-0.3, -0.25) is 0 Å². The van der Waals surface area contributed by atoms with E-state index in [-0.39, 0.29) is 0 Å². The third kappa shape index (κ3) is 5.47. The Hall–Kier alpha value is -8.40. The van der Waals surface area contributed by atoms with E-state index >= 15 is 0 Å². The Morgan fingerprint density at radius 3 is 1.64 bits per heavy atom. The molecular weight excluding hydrogens is 779 g/mol. The molecule has 2 heterocycles. The van der Waals surface area contributed by atoms with Crippen LogP contribution in [0.1, 0.15) is 22.3 Å². The van der Waals surface area contributed by atoms with Gasteiger partial charge in [-0.2, -0.15) is 0 Å². The number of hydrogen-bond acceptors (Lipinski definition) is 3. The van der Waals surface area contributed by atoms with E-state index in [0.717, 1.165) is 83.2 Å². The molecule has 13 rings (SSSR count).